The van der Waals surface area contributed by atoms with E-state index in [9.17, 15) is 24.6 Å². The molecule has 266 valence electrons. The van der Waals surface area contributed by atoms with Crippen molar-refractivity contribution in [3.05, 3.63) is 35.9 Å². The highest BCUT2D eigenvalue weighted by molar-refractivity contribution is 6.74. The number of hydrogen-bond donors (Lipinski definition) is 2. The summed E-state index contributed by atoms with van der Waals surface area (Å²) in [4.78, 5) is 36.8. The number of esters is 3. The largest absolute Gasteiger partial charge is 0.456 e. The third-order valence-electron chi connectivity index (χ3n) is 8.47. The molecule has 2 saturated heterocycles. The molecular weight excluding hydrogens is 636 g/mol. The first kappa shape index (κ1) is 39.0. The van der Waals surface area contributed by atoms with E-state index in [0.29, 0.717) is 0 Å². The zero-order valence-corrected chi connectivity index (χ0v) is 29.6. The quantitative estimate of drug-likeness (QED) is 0.176. The molecule has 1 aromatic rings. The summed E-state index contributed by atoms with van der Waals surface area (Å²) in [6.07, 6.45) is -13.5. The lowest BCUT2D eigenvalue weighted by Crippen LogP contribution is -2.66. The zero-order chi connectivity index (χ0) is 35.1. The first-order valence-electron chi connectivity index (χ1n) is 15.6. The van der Waals surface area contributed by atoms with Crippen molar-refractivity contribution in [3.8, 4) is 0 Å². The van der Waals surface area contributed by atoms with Crippen LogP contribution in [0.3, 0.4) is 0 Å². The summed E-state index contributed by atoms with van der Waals surface area (Å²) in [6.45, 7) is 13.7. The molecule has 10 atom stereocenters. The number of carbonyl (C=O) groups is 3. The van der Waals surface area contributed by atoms with Gasteiger partial charge in [-0.15, -0.1) is 0 Å². The van der Waals surface area contributed by atoms with E-state index in [2.05, 4.69) is 20.8 Å². The summed E-state index contributed by atoms with van der Waals surface area (Å²) in [5.41, 5.74) is 0.861. The van der Waals surface area contributed by atoms with Crippen LogP contribution in [0.4, 0.5) is 0 Å². The van der Waals surface area contributed by atoms with Gasteiger partial charge in [0.2, 0.25) is 0 Å². The average Bonchev–Trinajstić information content (AvgIpc) is 2.97. The van der Waals surface area contributed by atoms with Gasteiger partial charge in [-0.3, -0.25) is 14.4 Å². The number of aliphatic hydroxyl groups is 2. The van der Waals surface area contributed by atoms with Crippen LogP contribution in [0.2, 0.25) is 18.1 Å². The third kappa shape index (κ3) is 10.5. The van der Waals surface area contributed by atoms with Crippen molar-refractivity contribution in [2.75, 3.05) is 20.3 Å². The lowest BCUT2D eigenvalue weighted by atomic mass is 9.96. The number of rotatable bonds is 13. The van der Waals surface area contributed by atoms with Crippen LogP contribution >= 0.6 is 0 Å². The van der Waals surface area contributed by atoms with E-state index >= 15 is 0 Å². The molecule has 15 heteroatoms. The Morgan fingerprint density at radius 3 is 1.87 bits per heavy atom. The summed E-state index contributed by atoms with van der Waals surface area (Å²) >= 11 is 0. The fraction of sp³-hybridized carbons (Fsp3) is 0.719. The molecule has 2 N–H and O–H groups in total. The molecule has 1 aromatic carbocycles. The van der Waals surface area contributed by atoms with Gasteiger partial charge in [-0.25, -0.2) is 0 Å². The lowest BCUT2D eigenvalue weighted by molar-refractivity contribution is -0.359. The zero-order valence-electron chi connectivity index (χ0n) is 28.6. The van der Waals surface area contributed by atoms with Gasteiger partial charge in [-0.1, -0.05) is 51.1 Å². The second-order valence-corrected chi connectivity index (χ2v) is 18.0. The topological polar surface area (TPSA) is 175 Å². The molecule has 0 aromatic heterocycles. The summed E-state index contributed by atoms with van der Waals surface area (Å²) in [5, 5.41) is 22.5. The van der Waals surface area contributed by atoms with Crippen LogP contribution in [-0.4, -0.2) is 118 Å². The van der Waals surface area contributed by atoms with Crippen LogP contribution < -0.4 is 0 Å². The van der Waals surface area contributed by atoms with Crippen LogP contribution in [0.15, 0.2) is 30.3 Å². The van der Waals surface area contributed by atoms with Crippen LogP contribution in [0.25, 0.3) is 0 Å². The second-order valence-electron chi connectivity index (χ2n) is 13.2. The van der Waals surface area contributed by atoms with Crippen molar-refractivity contribution in [2.24, 2.45) is 0 Å². The maximum absolute atomic E-state index is 12.3. The number of aliphatic hydroxyl groups excluding tert-OH is 2. The van der Waals surface area contributed by atoms with Gasteiger partial charge in [-0.2, -0.15) is 0 Å². The number of benzene rings is 1. The van der Waals surface area contributed by atoms with Gasteiger partial charge in [0.05, 0.1) is 19.8 Å². The predicted molar refractivity (Wildman–Crippen MR) is 167 cm³/mol. The number of carbonyl (C=O) groups excluding carboxylic acids is 3. The van der Waals surface area contributed by atoms with Crippen molar-refractivity contribution in [1.82, 2.24) is 0 Å². The minimum Gasteiger partial charge on any atom is -0.456 e. The Morgan fingerprint density at radius 1 is 0.766 bits per heavy atom. The first-order chi connectivity index (χ1) is 21.9. The second kappa shape index (κ2) is 16.8. The Bertz CT molecular complexity index is 1170. The van der Waals surface area contributed by atoms with E-state index in [4.69, 9.17) is 42.3 Å². The predicted octanol–water partition coefficient (Wildman–Crippen LogP) is 2.22. The smallest absolute Gasteiger partial charge is 0.303 e. The average molecular weight is 687 g/mol. The molecule has 14 nitrogen and oxygen atoms in total. The maximum Gasteiger partial charge on any atom is 0.303 e. The number of methoxy groups -OCH3 is 1. The van der Waals surface area contributed by atoms with Gasteiger partial charge < -0.3 is 52.5 Å². The van der Waals surface area contributed by atoms with Crippen LogP contribution in [-0.2, 0) is 63.3 Å². The van der Waals surface area contributed by atoms with Gasteiger partial charge >= 0.3 is 17.9 Å². The molecule has 2 heterocycles. The summed E-state index contributed by atoms with van der Waals surface area (Å²) in [7, 11) is -0.948. The third-order valence-corrected chi connectivity index (χ3v) is 13.0. The molecule has 6 unspecified atom stereocenters. The van der Waals surface area contributed by atoms with E-state index in [1.807, 2.05) is 43.4 Å². The molecule has 2 aliphatic heterocycles. The minimum absolute atomic E-state index is 0.0243. The molecular formula is C32H50O14Si. The Balaban J connectivity index is 1.94. The van der Waals surface area contributed by atoms with Crippen LogP contribution in [0.5, 0.6) is 0 Å². The van der Waals surface area contributed by atoms with E-state index in [1.165, 1.54) is 14.0 Å². The molecule has 0 bridgehead atoms. The summed E-state index contributed by atoms with van der Waals surface area (Å²) in [6, 6.07) is 9.29. The molecule has 3 rings (SSSR count). The van der Waals surface area contributed by atoms with E-state index in [1.54, 1.807) is 0 Å². The Hall–Kier alpha value is -2.47. The first-order valence-corrected chi connectivity index (χ1v) is 18.5. The van der Waals surface area contributed by atoms with E-state index < -0.39 is 87.6 Å². The highest BCUT2D eigenvalue weighted by atomic mass is 28.4. The van der Waals surface area contributed by atoms with Crippen molar-refractivity contribution < 1.29 is 66.9 Å². The molecule has 0 spiro atoms. The SMILES string of the molecule is CO[C@H]1OC(CO[Si](C)(C)C(C)(C)C)[C@@H](O)C(O[C@@H]2OC(COCc3ccccc3)[C@H](OC(C)=O)C(OC(C)=O)C2OC(C)=O)C1O. The molecule has 0 radical (unpaired) electrons. The van der Waals surface area contributed by atoms with Crippen molar-refractivity contribution in [1.29, 1.82) is 0 Å². The fourth-order valence-electron chi connectivity index (χ4n) is 5.02. The molecule has 2 fully saturated rings. The highest BCUT2D eigenvalue weighted by Gasteiger charge is 2.55. The van der Waals surface area contributed by atoms with Crippen LogP contribution in [0.1, 0.15) is 47.1 Å². The van der Waals surface area contributed by atoms with Crippen molar-refractivity contribution >= 4 is 26.2 Å². The molecule has 47 heavy (non-hydrogen) atoms. The molecule has 2 aliphatic rings. The Morgan fingerprint density at radius 2 is 1.32 bits per heavy atom. The lowest BCUT2D eigenvalue weighted by Gasteiger charge is -2.48. The van der Waals surface area contributed by atoms with Gasteiger partial charge in [-0.05, 0) is 23.7 Å². The molecule has 0 amide bonds. The summed E-state index contributed by atoms with van der Waals surface area (Å²) in [5.74, 6) is -2.26. The van der Waals surface area contributed by atoms with Gasteiger partial charge in [0.1, 0.15) is 30.5 Å². The number of hydrogen-bond acceptors (Lipinski definition) is 14. The van der Waals surface area contributed by atoms with Crippen molar-refractivity contribution in [2.45, 2.75) is 128 Å². The maximum atomic E-state index is 12.3. The normalized spacial score (nSPS) is 31.6. The Labute approximate surface area is 277 Å². The van der Waals surface area contributed by atoms with E-state index in [-0.39, 0.29) is 24.9 Å². The van der Waals surface area contributed by atoms with Gasteiger partial charge in [0.15, 0.2) is 39.2 Å². The minimum atomic E-state index is -2.28. The molecule has 0 saturated carbocycles. The summed E-state index contributed by atoms with van der Waals surface area (Å²) < 4.78 is 52.4. The highest BCUT2D eigenvalue weighted by Crippen LogP contribution is 2.38. The van der Waals surface area contributed by atoms with Gasteiger partial charge in [0, 0.05) is 27.9 Å². The molecule has 0 aliphatic carbocycles. The van der Waals surface area contributed by atoms with E-state index in [0.717, 1.165) is 19.4 Å². The fourth-order valence-corrected chi connectivity index (χ4v) is 6.04. The number of ether oxygens (including phenoxy) is 8. The van der Waals surface area contributed by atoms with Gasteiger partial charge in [0.25, 0.3) is 0 Å². The standard InChI is InChI=1S/C32H50O14Si/c1-18(33)41-26-23(16-39-15-21-13-11-10-12-14-21)45-31(29(43-20(3)35)28(26)42-19(2)34)46-27-24(36)22(44-30(38-7)25(27)37)17-40-47(8,9)32(4,5)6/h10-14,22-31,36-37H,15-17H2,1-9H3/t22?,23?,24-,25?,26+,27?,28?,29?,30+,31+/m1/s1. The Kier molecular flexibility index (Phi) is 13.9. The monoisotopic (exact) mass is 686 g/mol. The van der Waals surface area contributed by atoms with Crippen LogP contribution in [0, 0.1) is 0 Å². The van der Waals surface area contributed by atoms with Crippen molar-refractivity contribution in [3.63, 3.8) is 0 Å².